The van der Waals surface area contributed by atoms with Gasteiger partial charge in [0.25, 0.3) is 0 Å². The molecule has 1 N–H and O–H groups in total. The lowest BCUT2D eigenvalue weighted by Gasteiger charge is -2.11. The Hall–Kier alpha value is -1.38. The molecule has 1 heterocycles. The summed E-state index contributed by atoms with van der Waals surface area (Å²) in [6, 6.07) is 0. The van der Waals surface area contributed by atoms with Crippen LogP contribution in [-0.4, -0.2) is 17.6 Å². The zero-order valence-electron chi connectivity index (χ0n) is 7.30. The predicted octanol–water partition coefficient (Wildman–Crippen LogP) is 1.52. The third-order valence-electron chi connectivity index (χ3n) is 2.62. The molecule has 1 aliphatic carbocycles. The van der Waals surface area contributed by atoms with Crippen LogP contribution in [0.4, 0.5) is 0 Å². The molecule has 13 heavy (non-hydrogen) atoms. The van der Waals surface area contributed by atoms with Crippen LogP contribution in [0.3, 0.4) is 0 Å². The smallest absolute Gasteiger partial charge is 0.166 e. The van der Waals surface area contributed by atoms with Gasteiger partial charge in [0.1, 0.15) is 0 Å². The molecule has 0 saturated heterocycles. The van der Waals surface area contributed by atoms with Crippen LogP contribution >= 0.6 is 0 Å². The van der Waals surface area contributed by atoms with E-state index in [2.05, 4.69) is 4.98 Å². The average molecular weight is 177 g/mol. The van der Waals surface area contributed by atoms with E-state index in [4.69, 9.17) is 0 Å². The van der Waals surface area contributed by atoms with Gasteiger partial charge in [0.15, 0.2) is 12.6 Å². The maximum absolute atomic E-state index is 10.7. The van der Waals surface area contributed by atoms with Gasteiger partial charge in [-0.2, -0.15) is 0 Å². The molecule has 0 radical (unpaired) electrons. The number of nitrogens with one attached hydrogen (secondary N) is 1. The number of rotatable bonds is 2. The van der Waals surface area contributed by atoms with E-state index in [1.54, 1.807) is 0 Å². The van der Waals surface area contributed by atoms with E-state index in [1.807, 2.05) is 0 Å². The van der Waals surface area contributed by atoms with E-state index >= 15 is 0 Å². The number of hydrogen-bond donors (Lipinski definition) is 1. The van der Waals surface area contributed by atoms with E-state index in [-0.39, 0.29) is 0 Å². The molecule has 0 bridgehead atoms. The van der Waals surface area contributed by atoms with E-state index in [1.165, 1.54) is 0 Å². The highest BCUT2D eigenvalue weighted by Gasteiger charge is 2.19. The third-order valence-corrected chi connectivity index (χ3v) is 2.62. The zero-order valence-corrected chi connectivity index (χ0v) is 7.30. The first-order valence-electron chi connectivity index (χ1n) is 4.51. The number of H-pyrrole nitrogens is 1. The second-order valence-corrected chi connectivity index (χ2v) is 3.35. The summed E-state index contributed by atoms with van der Waals surface area (Å²) in [6.45, 7) is 0. The van der Waals surface area contributed by atoms with E-state index in [9.17, 15) is 9.59 Å². The maximum atomic E-state index is 10.7. The summed E-state index contributed by atoms with van der Waals surface area (Å²) in [5, 5.41) is 0. The fraction of sp³-hybridized carbons (Fsp3) is 0.400. The van der Waals surface area contributed by atoms with Gasteiger partial charge in [0, 0.05) is 0 Å². The first-order valence-corrected chi connectivity index (χ1v) is 4.51. The molecule has 0 unspecified atom stereocenters. The topological polar surface area (TPSA) is 49.9 Å². The molecule has 0 saturated carbocycles. The van der Waals surface area contributed by atoms with Crippen molar-refractivity contribution in [1.29, 1.82) is 0 Å². The Morgan fingerprint density at radius 3 is 1.77 bits per heavy atom. The van der Waals surface area contributed by atoms with Gasteiger partial charge in [-0.25, -0.2) is 0 Å². The summed E-state index contributed by atoms with van der Waals surface area (Å²) in [7, 11) is 0. The summed E-state index contributed by atoms with van der Waals surface area (Å²) in [5.74, 6) is 0. The van der Waals surface area contributed by atoms with Gasteiger partial charge in [-0.15, -0.1) is 0 Å². The van der Waals surface area contributed by atoms with Crippen LogP contribution in [0.5, 0.6) is 0 Å². The van der Waals surface area contributed by atoms with Crippen molar-refractivity contribution in [2.45, 2.75) is 25.7 Å². The van der Waals surface area contributed by atoms with Crippen LogP contribution in [0.25, 0.3) is 0 Å². The van der Waals surface area contributed by atoms with Gasteiger partial charge < -0.3 is 4.98 Å². The van der Waals surface area contributed by atoms with Crippen molar-refractivity contribution in [1.82, 2.24) is 4.98 Å². The van der Waals surface area contributed by atoms with Gasteiger partial charge in [0.2, 0.25) is 0 Å². The second kappa shape index (κ2) is 3.17. The van der Waals surface area contributed by atoms with E-state index < -0.39 is 0 Å². The Labute approximate surface area is 76.1 Å². The van der Waals surface area contributed by atoms with Crippen LogP contribution in [0.2, 0.25) is 0 Å². The van der Waals surface area contributed by atoms with Crippen LogP contribution in [0.1, 0.15) is 44.9 Å². The molecule has 1 aliphatic rings. The van der Waals surface area contributed by atoms with Crippen molar-refractivity contribution < 1.29 is 9.59 Å². The SMILES string of the molecule is O=Cc1[nH]c(C=O)c2c1CCCC2. The third kappa shape index (κ3) is 1.20. The number of fused-ring (bicyclic) bond motifs is 1. The summed E-state index contributed by atoms with van der Waals surface area (Å²) in [6.07, 6.45) is 5.68. The van der Waals surface area contributed by atoms with E-state index in [0.717, 1.165) is 49.4 Å². The summed E-state index contributed by atoms with van der Waals surface area (Å²) < 4.78 is 0. The lowest BCUT2D eigenvalue weighted by atomic mass is 9.92. The number of aromatic nitrogens is 1. The lowest BCUT2D eigenvalue weighted by Crippen LogP contribution is -2.02. The van der Waals surface area contributed by atoms with E-state index in [0.29, 0.717) is 11.4 Å². The minimum atomic E-state index is 0.594. The zero-order chi connectivity index (χ0) is 9.26. The van der Waals surface area contributed by atoms with Crippen molar-refractivity contribution in [2.75, 3.05) is 0 Å². The van der Waals surface area contributed by atoms with Crippen molar-refractivity contribution >= 4 is 12.6 Å². The first-order chi connectivity index (χ1) is 6.36. The van der Waals surface area contributed by atoms with Crippen molar-refractivity contribution in [3.8, 4) is 0 Å². The predicted molar refractivity (Wildman–Crippen MR) is 48.2 cm³/mol. The summed E-state index contributed by atoms with van der Waals surface area (Å²) in [4.78, 5) is 24.2. The molecule has 68 valence electrons. The number of hydrogen-bond acceptors (Lipinski definition) is 2. The molecule has 1 aromatic rings. The average Bonchev–Trinajstić information content (AvgIpc) is 2.56. The van der Waals surface area contributed by atoms with Crippen molar-refractivity contribution in [2.24, 2.45) is 0 Å². The summed E-state index contributed by atoms with van der Waals surface area (Å²) >= 11 is 0. The molecule has 0 spiro atoms. The molecule has 0 fully saturated rings. The first kappa shape index (κ1) is 8.23. The van der Waals surface area contributed by atoms with Crippen molar-refractivity contribution in [3.05, 3.63) is 22.5 Å². The van der Waals surface area contributed by atoms with Crippen LogP contribution < -0.4 is 0 Å². The molecule has 2 rings (SSSR count). The van der Waals surface area contributed by atoms with Crippen LogP contribution in [0.15, 0.2) is 0 Å². The van der Waals surface area contributed by atoms with Crippen molar-refractivity contribution in [3.63, 3.8) is 0 Å². The number of carbonyl (C=O) groups excluding carboxylic acids is 2. The Kier molecular flexibility index (Phi) is 2.00. The van der Waals surface area contributed by atoms with Crippen LogP contribution in [0, 0.1) is 0 Å². The van der Waals surface area contributed by atoms with Gasteiger partial charge >= 0.3 is 0 Å². The molecule has 0 aromatic carbocycles. The standard InChI is InChI=1S/C10H11NO2/c12-5-9-7-3-1-2-4-8(7)10(6-13)11-9/h5-6,11H,1-4H2. The minimum absolute atomic E-state index is 0.594. The molecule has 3 nitrogen and oxygen atoms in total. The molecule has 3 heteroatoms. The van der Waals surface area contributed by atoms with Gasteiger partial charge in [-0.05, 0) is 36.8 Å². The Morgan fingerprint density at radius 2 is 1.38 bits per heavy atom. The van der Waals surface area contributed by atoms with Gasteiger partial charge in [-0.1, -0.05) is 0 Å². The minimum Gasteiger partial charge on any atom is -0.350 e. The monoisotopic (exact) mass is 177 g/mol. The lowest BCUT2D eigenvalue weighted by molar-refractivity contribution is 0.111. The fourth-order valence-electron chi connectivity index (χ4n) is 2.00. The second-order valence-electron chi connectivity index (χ2n) is 3.35. The highest BCUT2D eigenvalue weighted by molar-refractivity contribution is 5.83. The quantitative estimate of drug-likeness (QED) is 0.696. The summed E-state index contributed by atoms with van der Waals surface area (Å²) in [5.41, 5.74) is 3.31. The Morgan fingerprint density at radius 1 is 0.923 bits per heavy atom. The molecular formula is C10H11NO2. The number of carbonyl (C=O) groups is 2. The Bertz CT molecular complexity index is 320. The number of aromatic amines is 1. The van der Waals surface area contributed by atoms with Gasteiger partial charge in [0.05, 0.1) is 11.4 Å². The van der Waals surface area contributed by atoms with Gasteiger partial charge in [-0.3, -0.25) is 9.59 Å². The highest BCUT2D eigenvalue weighted by Crippen LogP contribution is 2.25. The normalized spacial score (nSPS) is 15.1. The maximum Gasteiger partial charge on any atom is 0.166 e. The largest absolute Gasteiger partial charge is 0.350 e. The van der Waals surface area contributed by atoms with Crippen LogP contribution in [-0.2, 0) is 12.8 Å². The molecule has 0 aliphatic heterocycles. The molecule has 0 atom stereocenters. The molecule has 0 amide bonds. The molecule has 1 aromatic heterocycles. The highest BCUT2D eigenvalue weighted by atomic mass is 16.1. The molecular weight excluding hydrogens is 166 g/mol. The Balaban J connectivity index is 2.56. The number of aldehydes is 2. The fourth-order valence-corrected chi connectivity index (χ4v) is 2.00.